The Morgan fingerprint density at radius 3 is 2.70 bits per heavy atom. The van der Waals surface area contributed by atoms with Crippen molar-refractivity contribution in [2.24, 2.45) is 5.73 Å². The number of hydrogen-bond acceptors (Lipinski definition) is 3. The zero-order valence-corrected chi connectivity index (χ0v) is 13.1. The molecule has 0 heterocycles. The summed E-state index contributed by atoms with van der Waals surface area (Å²) in [6.07, 6.45) is 6.73. The lowest BCUT2D eigenvalue weighted by Crippen LogP contribution is -2.43. The number of carbonyl (C=O) groups excluding carboxylic acids is 1. The normalized spacial score (nSPS) is 24.1. The Kier molecular flexibility index (Phi) is 5.49. The second kappa shape index (κ2) is 7.14. The minimum atomic E-state index is -0.565. The third kappa shape index (κ3) is 4.00. The lowest BCUT2D eigenvalue weighted by atomic mass is 9.94. The van der Waals surface area contributed by atoms with E-state index in [4.69, 9.17) is 5.73 Å². The van der Waals surface area contributed by atoms with Gasteiger partial charge in [0, 0.05) is 11.3 Å². The lowest BCUT2D eigenvalue weighted by Gasteiger charge is -2.29. The highest BCUT2D eigenvalue weighted by Crippen LogP contribution is 2.27. The van der Waals surface area contributed by atoms with Crippen LogP contribution in [-0.4, -0.2) is 23.5 Å². The van der Waals surface area contributed by atoms with E-state index in [1.165, 1.54) is 18.4 Å². The van der Waals surface area contributed by atoms with E-state index < -0.39 is 6.04 Å². The van der Waals surface area contributed by atoms with Gasteiger partial charge >= 0.3 is 0 Å². The number of hydrogen-bond donors (Lipinski definition) is 2. The van der Waals surface area contributed by atoms with Gasteiger partial charge in [0.2, 0.25) is 5.91 Å². The number of nitrogens with one attached hydrogen (secondary N) is 1. The predicted octanol–water partition coefficient (Wildman–Crippen LogP) is 2.79. The van der Waals surface area contributed by atoms with Crippen molar-refractivity contribution >= 4 is 17.7 Å². The van der Waals surface area contributed by atoms with Crippen molar-refractivity contribution < 1.29 is 4.79 Å². The van der Waals surface area contributed by atoms with Crippen molar-refractivity contribution in [2.75, 3.05) is 6.26 Å². The first-order valence-electron chi connectivity index (χ1n) is 7.25. The van der Waals surface area contributed by atoms with Gasteiger partial charge < -0.3 is 11.1 Å². The third-order valence-corrected chi connectivity index (χ3v) is 5.12. The van der Waals surface area contributed by atoms with Crippen molar-refractivity contribution in [1.82, 2.24) is 5.32 Å². The van der Waals surface area contributed by atoms with Gasteiger partial charge in [-0.1, -0.05) is 36.2 Å². The van der Waals surface area contributed by atoms with Gasteiger partial charge in [-0.25, -0.2) is 0 Å². The molecule has 3 nitrogen and oxygen atoms in total. The summed E-state index contributed by atoms with van der Waals surface area (Å²) in [5.41, 5.74) is 8.11. The molecule has 1 saturated carbocycles. The maximum Gasteiger partial charge on any atom is 0.241 e. The zero-order valence-electron chi connectivity index (χ0n) is 12.3. The van der Waals surface area contributed by atoms with Crippen LogP contribution in [0.25, 0.3) is 0 Å². The van der Waals surface area contributed by atoms with Crippen LogP contribution < -0.4 is 11.1 Å². The number of aryl methyl sites for hydroxylation is 1. The topological polar surface area (TPSA) is 55.1 Å². The highest BCUT2D eigenvalue weighted by atomic mass is 32.2. The minimum absolute atomic E-state index is 0.0550. The van der Waals surface area contributed by atoms with Gasteiger partial charge in [0.05, 0.1) is 0 Å². The van der Waals surface area contributed by atoms with Crippen LogP contribution in [0.5, 0.6) is 0 Å². The molecule has 3 N–H and O–H groups in total. The SMILES string of the molecule is CSC1CCCC(NC(=O)C(N)c2ccc(C)cc2)C1. The van der Waals surface area contributed by atoms with Crippen molar-refractivity contribution in [3.8, 4) is 0 Å². The molecule has 1 aliphatic rings. The fourth-order valence-electron chi connectivity index (χ4n) is 2.71. The van der Waals surface area contributed by atoms with E-state index in [9.17, 15) is 4.79 Å². The van der Waals surface area contributed by atoms with Gasteiger partial charge in [-0.05, 0) is 38.0 Å². The van der Waals surface area contributed by atoms with Gasteiger partial charge in [-0.2, -0.15) is 11.8 Å². The molecular formula is C16H24N2OS. The molecule has 1 aliphatic carbocycles. The molecule has 1 amide bonds. The average molecular weight is 292 g/mol. The molecule has 0 saturated heterocycles. The summed E-state index contributed by atoms with van der Waals surface area (Å²) in [5, 5.41) is 3.79. The molecule has 1 aromatic carbocycles. The molecule has 0 aromatic heterocycles. The molecule has 3 unspecified atom stereocenters. The molecule has 0 bridgehead atoms. The summed E-state index contributed by atoms with van der Waals surface area (Å²) < 4.78 is 0. The maximum absolute atomic E-state index is 12.2. The molecule has 1 fully saturated rings. The van der Waals surface area contributed by atoms with E-state index in [1.807, 2.05) is 43.0 Å². The quantitative estimate of drug-likeness (QED) is 0.897. The summed E-state index contributed by atoms with van der Waals surface area (Å²) in [4.78, 5) is 12.2. The predicted molar refractivity (Wildman–Crippen MR) is 85.8 cm³/mol. The second-order valence-electron chi connectivity index (χ2n) is 5.62. The Balaban J connectivity index is 1.92. The Hall–Kier alpha value is -1.00. The monoisotopic (exact) mass is 292 g/mol. The highest BCUT2D eigenvalue weighted by Gasteiger charge is 2.25. The number of carbonyl (C=O) groups is 1. The van der Waals surface area contributed by atoms with Crippen molar-refractivity contribution in [3.05, 3.63) is 35.4 Å². The van der Waals surface area contributed by atoms with E-state index in [1.54, 1.807) is 0 Å². The Morgan fingerprint density at radius 1 is 1.35 bits per heavy atom. The molecule has 3 atom stereocenters. The summed E-state index contributed by atoms with van der Waals surface area (Å²) in [6.45, 7) is 2.03. The van der Waals surface area contributed by atoms with Gasteiger partial charge in [0.1, 0.15) is 6.04 Å². The highest BCUT2D eigenvalue weighted by molar-refractivity contribution is 7.99. The third-order valence-electron chi connectivity index (χ3n) is 4.02. The number of rotatable bonds is 4. The Bertz CT molecular complexity index is 446. The summed E-state index contributed by atoms with van der Waals surface area (Å²) >= 11 is 1.90. The summed E-state index contributed by atoms with van der Waals surface area (Å²) in [6, 6.07) is 7.58. The summed E-state index contributed by atoms with van der Waals surface area (Å²) in [7, 11) is 0. The second-order valence-corrected chi connectivity index (χ2v) is 6.76. The number of nitrogens with two attached hydrogens (primary N) is 1. The van der Waals surface area contributed by atoms with E-state index in [0.717, 1.165) is 18.4 Å². The smallest absolute Gasteiger partial charge is 0.241 e. The van der Waals surface area contributed by atoms with Crippen molar-refractivity contribution in [3.63, 3.8) is 0 Å². The van der Waals surface area contributed by atoms with Crippen LogP contribution in [0.2, 0.25) is 0 Å². The first-order chi connectivity index (χ1) is 9.60. The zero-order chi connectivity index (χ0) is 14.5. The molecular weight excluding hydrogens is 268 g/mol. The van der Waals surface area contributed by atoms with Crippen LogP contribution in [0.1, 0.15) is 42.9 Å². The van der Waals surface area contributed by atoms with Crippen LogP contribution in [-0.2, 0) is 4.79 Å². The van der Waals surface area contributed by atoms with Crippen LogP contribution in [0.4, 0.5) is 0 Å². The van der Waals surface area contributed by atoms with E-state index >= 15 is 0 Å². The largest absolute Gasteiger partial charge is 0.352 e. The van der Waals surface area contributed by atoms with Crippen molar-refractivity contribution in [2.45, 2.75) is 49.9 Å². The standard InChI is InChI=1S/C16H24N2OS/c1-11-6-8-12(9-7-11)15(17)16(19)18-13-4-3-5-14(10-13)20-2/h6-9,13-15H,3-5,10,17H2,1-2H3,(H,18,19). The molecule has 4 heteroatoms. The number of thioether (sulfide) groups is 1. The molecule has 2 rings (SSSR count). The van der Waals surface area contributed by atoms with Crippen LogP contribution in [0.15, 0.2) is 24.3 Å². The Labute approximate surface area is 125 Å². The first-order valence-corrected chi connectivity index (χ1v) is 8.54. The van der Waals surface area contributed by atoms with E-state index in [0.29, 0.717) is 5.25 Å². The fourth-order valence-corrected chi connectivity index (χ4v) is 3.53. The van der Waals surface area contributed by atoms with E-state index in [2.05, 4.69) is 11.6 Å². The van der Waals surface area contributed by atoms with Crippen LogP contribution in [0.3, 0.4) is 0 Å². The molecule has 20 heavy (non-hydrogen) atoms. The van der Waals surface area contributed by atoms with Crippen LogP contribution in [0, 0.1) is 6.92 Å². The first kappa shape index (κ1) is 15.4. The fraction of sp³-hybridized carbons (Fsp3) is 0.562. The molecule has 0 radical (unpaired) electrons. The average Bonchev–Trinajstić information content (AvgIpc) is 2.47. The van der Waals surface area contributed by atoms with Gasteiger partial charge in [-0.3, -0.25) is 4.79 Å². The molecule has 0 aliphatic heterocycles. The van der Waals surface area contributed by atoms with Gasteiger partial charge in [0.25, 0.3) is 0 Å². The molecule has 1 aromatic rings. The number of amides is 1. The van der Waals surface area contributed by atoms with E-state index in [-0.39, 0.29) is 11.9 Å². The summed E-state index contributed by atoms with van der Waals surface area (Å²) in [5.74, 6) is -0.0550. The molecule has 0 spiro atoms. The van der Waals surface area contributed by atoms with Gasteiger partial charge in [0.15, 0.2) is 0 Å². The van der Waals surface area contributed by atoms with Crippen molar-refractivity contribution in [1.29, 1.82) is 0 Å². The lowest BCUT2D eigenvalue weighted by molar-refractivity contribution is -0.123. The minimum Gasteiger partial charge on any atom is -0.352 e. The maximum atomic E-state index is 12.2. The number of benzene rings is 1. The Morgan fingerprint density at radius 2 is 2.05 bits per heavy atom. The molecule has 110 valence electrons. The van der Waals surface area contributed by atoms with Gasteiger partial charge in [-0.15, -0.1) is 0 Å². The van der Waals surface area contributed by atoms with Crippen LogP contribution >= 0.6 is 11.8 Å².